The average Bonchev–Trinajstić information content (AvgIpc) is 3.17. The Morgan fingerprint density at radius 1 is 1.31 bits per heavy atom. The molecule has 0 aliphatic carbocycles. The lowest BCUT2D eigenvalue weighted by molar-refractivity contribution is -0.116. The first kappa shape index (κ1) is 26.8. The molecule has 0 unspecified atom stereocenters. The number of hydrogen-bond acceptors (Lipinski definition) is 8. The van der Waals surface area contributed by atoms with Crippen LogP contribution in [0.25, 0.3) is 5.69 Å². The van der Waals surface area contributed by atoms with Gasteiger partial charge < -0.3 is 10.6 Å². The standard InChI is InChI=1S/C22H27FN6O3S3/c1-4-5-10-27-18(24)17(19(31)25-20(27)32)28(11-13(2)3)16(30)12-34-21-26-29(22(33)35-21)15-8-6-14(23)7-9-15/h6-9,13H,4-5,10-12,24H2,1-3H3,(H,25,31,32). The molecular weight excluding hydrogens is 511 g/mol. The number of carbonyl (C=O) groups is 1. The molecule has 13 heteroatoms. The number of thioether (sulfide) groups is 1. The Labute approximate surface area is 214 Å². The molecule has 0 spiro atoms. The van der Waals surface area contributed by atoms with Gasteiger partial charge in [-0.2, -0.15) is 0 Å². The molecule has 9 nitrogen and oxygen atoms in total. The molecule has 3 aromatic rings. The fraction of sp³-hybridized carbons (Fsp3) is 0.409. The Bertz CT molecular complexity index is 1360. The molecule has 0 radical (unpaired) electrons. The van der Waals surface area contributed by atoms with Crippen LogP contribution in [0.5, 0.6) is 0 Å². The Balaban J connectivity index is 1.87. The molecule has 188 valence electrons. The zero-order valence-corrected chi connectivity index (χ0v) is 22.1. The summed E-state index contributed by atoms with van der Waals surface area (Å²) >= 11 is 7.77. The predicted octanol–water partition coefficient (Wildman–Crippen LogP) is 3.82. The van der Waals surface area contributed by atoms with Gasteiger partial charge >= 0.3 is 5.69 Å². The summed E-state index contributed by atoms with van der Waals surface area (Å²) in [5, 5.41) is 4.43. The number of aromatic amines is 1. The molecule has 0 aliphatic heterocycles. The monoisotopic (exact) mass is 538 g/mol. The van der Waals surface area contributed by atoms with Crippen LogP contribution in [0, 0.1) is 15.7 Å². The first-order valence-corrected chi connectivity index (χ1v) is 13.2. The van der Waals surface area contributed by atoms with E-state index in [1.165, 1.54) is 49.4 Å². The van der Waals surface area contributed by atoms with Crippen LogP contribution < -0.4 is 21.9 Å². The zero-order chi connectivity index (χ0) is 25.7. The number of anilines is 2. The van der Waals surface area contributed by atoms with Crippen molar-refractivity contribution >= 4 is 52.7 Å². The number of unbranched alkanes of at least 4 members (excludes halogenated alkanes) is 1. The number of nitrogens with zero attached hydrogens (tertiary/aromatic N) is 4. The fourth-order valence-electron chi connectivity index (χ4n) is 3.33. The molecular formula is C22H27FN6O3S3. The molecule has 3 rings (SSSR count). The Morgan fingerprint density at radius 2 is 2.00 bits per heavy atom. The van der Waals surface area contributed by atoms with Gasteiger partial charge in [0.25, 0.3) is 5.56 Å². The second kappa shape index (κ2) is 11.8. The van der Waals surface area contributed by atoms with E-state index in [9.17, 15) is 18.8 Å². The van der Waals surface area contributed by atoms with Gasteiger partial charge in [0.1, 0.15) is 11.6 Å². The fourth-order valence-corrected chi connectivity index (χ4v) is 5.56. The number of hydrogen-bond donors (Lipinski definition) is 2. The van der Waals surface area contributed by atoms with E-state index in [4.69, 9.17) is 18.0 Å². The second-order valence-electron chi connectivity index (χ2n) is 8.21. The van der Waals surface area contributed by atoms with E-state index in [1.54, 1.807) is 12.1 Å². The van der Waals surface area contributed by atoms with Gasteiger partial charge in [-0.1, -0.05) is 50.3 Å². The molecule has 1 amide bonds. The highest BCUT2D eigenvalue weighted by atomic mass is 32.2. The van der Waals surface area contributed by atoms with Crippen LogP contribution in [0.4, 0.5) is 15.9 Å². The summed E-state index contributed by atoms with van der Waals surface area (Å²) in [6, 6.07) is 5.77. The average molecular weight is 539 g/mol. The molecule has 0 bridgehead atoms. The number of amides is 1. The minimum Gasteiger partial charge on any atom is -0.383 e. The topological polar surface area (TPSA) is 119 Å². The van der Waals surface area contributed by atoms with E-state index >= 15 is 0 Å². The molecule has 3 N–H and O–H groups in total. The third-order valence-electron chi connectivity index (χ3n) is 4.99. The first-order chi connectivity index (χ1) is 16.6. The number of aromatic nitrogens is 4. The van der Waals surface area contributed by atoms with Gasteiger partial charge in [-0.25, -0.2) is 13.9 Å². The van der Waals surface area contributed by atoms with E-state index in [-0.39, 0.29) is 41.4 Å². The van der Waals surface area contributed by atoms with Crippen LogP contribution in [-0.2, 0) is 11.3 Å². The summed E-state index contributed by atoms with van der Waals surface area (Å²) in [5.74, 6) is -0.723. The Morgan fingerprint density at radius 3 is 2.63 bits per heavy atom. The molecule has 2 heterocycles. The summed E-state index contributed by atoms with van der Waals surface area (Å²) < 4.78 is 17.0. The number of carbonyl (C=O) groups excluding carboxylic acids is 1. The van der Waals surface area contributed by atoms with Crippen molar-refractivity contribution in [1.29, 1.82) is 0 Å². The van der Waals surface area contributed by atoms with Gasteiger partial charge in [-0.3, -0.25) is 19.1 Å². The molecule has 0 saturated heterocycles. The minimum atomic E-state index is -0.699. The van der Waals surface area contributed by atoms with Crippen LogP contribution in [0.1, 0.15) is 33.6 Å². The lowest BCUT2D eigenvalue weighted by Crippen LogP contribution is -2.43. The van der Waals surface area contributed by atoms with Gasteiger partial charge in [-0.05, 0) is 48.8 Å². The number of benzene rings is 1. The second-order valence-corrected chi connectivity index (χ2v) is 11.1. The van der Waals surface area contributed by atoms with E-state index < -0.39 is 11.2 Å². The zero-order valence-electron chi connectivity index (χ0n) is 19.6. The van der Waals surface area contributed by atoms with Crippen molar-refractivity contribution in [1.82, 2.24) is 19.3 Å². The van der Waals surface area contributed by atoms with Gasteiger partial charge in [0.15, 0.2) is 14.0 Å². The van der Waals surface area contributed by atoms with E-state index in [0.717, 1.165) is 6.42 Å². The van der Waals surface area contributed by atoms with Crippen LogP contribution in [-0.4, -0.2) is 37.5 Å². The summed E-state index contributed by atoms with van der Waals surface area (Å²) in [6.07, 6.45) is 1.54. The van der Waals surface area contributed by atoms with Crippen molar-refractivity contribution in [3.8, 4) is 5.69 Å². The summed E-state index contributed by atoms with van der Waals surface area (Å²) in [7, 11) is 0. The predicted molar refractivity (Wildman–Crippen MR) is 141 cm³/mol. The van der Waals surface area contributed by atoms with Crippen LogP contribution >= 0.6 is 35.3 Å². The molecule has 0 aliphatic rings. The smallest absolute Gasteiger partial charge is 0.330 e. The highest BCUT2D eigenvalue weighted by Crippen LogP contribution is 2.26. The summed E-state index contributed by atoms with van der Waals surface area (Å²) in [4.78, 5) is 41.9. The maximum Gasteiger partial charge on any atom is 0.330 e. The van der Waals surface area contributed by atoms with Crippen molar-refractivity contribution < 1.29 is 9.18 Å². The molecule has 2 aromatic heterocycles. The molecule has 0 atom stereocenters. The Kier molecular flexibility index (Phi) is 9.03. The SMILES string of the molecule is CCCCn1c(N)c(N(CC(C)C)C(=O)CSc2nn(-c3ccc(F)cc3)c(=S)s2)c(=O)[nH]c1=O. The van der Waals surface area contributed by atoms with Gasteiger partial charge in [-0.15, -0.1) is 5.10 Å². The van der Waals surface area contributed by atoms with E-state index in [1.807, 2.05) is 20.8 Å². The number of rotatable bonds is 10. The largest absolute Gasteiger partial charge is 0.383 e. The van der Waals surface area contributed by atoms with E-state index in [0.29, 0.717) is 26.9 Å². The number of nitrogens with two attached hydrogens (primary N) is 1. The van der Waals surface area contributed by atoms with Crippen molar-refractivity contribution in [3.63, 3.8) is 0 Å². The highest BCUT2D eigenvalue weighted by Gasteiger charge is 2.25. The quantitative estimate of drug-likeness (QED) is 0.298. The van der Waals surface area contributed by atoms with Crippen molar-refractivity contribution in [2.24, 2.45) is 5.92 Å². The van der Waals surface area contributed by atoms with E-state index in [2.05, 4.69) is 10.1 Å². The number of nitrogen functional groups attached to an aromatic ring is 1. The lowest BCUT2D eigenvalue weighted by atomic mass is 10.2. The third kappa shape index (κ3) is 6.47. The maximum atomic E-state index is 13.3. The number of nitrogens with one attached hydrogen (secondary N) is 1. The van der Waals surface area contributed by atoms with Crippen LogP contribution in [0.2, 0.25) is 0 Å². The Hall–Kier alpha value is -2.77. The van der Waals surface area contributed by atoms with Crippen molar-refractivity contribution in [2.75, 3.05) is 22.9 Å². The molecule has 1 aromatic carbocycles. The van der Waals surface area contributed by atoms with Crippen LogP contribution in [0.3, 0.4) is 0 Å². The number of H-pyrrole nitrogens is 1. The van der Waals surface area contributed by atoms with Crippen LogP contribution in [0.15, 0.2) is 38.2 Å². The van der Waals surface area contributed by atoms with Gasteiger partial charge in [0.05, 0.1) is 11.4 Å². The minimum absolute atomic E-state index is 0.0224. The highest BCUT2D eigenvalue weighted by molar-refractivity contribution is 8.01. The maximum absolute atomic E-state index is 13.3. The van der Waals surface area contributed by atoms with Crippen molar-refractivity contribution in [3.05, 3.63) is 54.9 Å². The first-order valence-electron chi connectivity index (χ1n) is 11.0. The van der Waals surface area contributed by atoms with Gasteiger partial charge in [0.2, 0.25) is 5.91 Å². The molecule has 0 fully saturated rings. The van der Waals surface area contributed by atoms with Gasteiger partial charge in [0, 0.05) is 13.1 Å². The number of halogens is 1. The third-order valence-corrected chi connectivity index (χ3v) is 7.34. The lowest BCUT2D eigenvalue weighted by Gasteiger charge is -2.26. The molecule has 35 heavy (non-hydrogen) atoms. The summed E-state index contributed by atoms with van der Waals surface area (Å²) in [5.41, 5.74) is 5.53. The molecule has 0 saturated carbocycles. The normalized spacial score (nSPS) is 11.2. The summed E-state index contributed by atoms with van der Waals surface area (Å²) in [6.45, 7) is 6.40. The van der Waals surface area contributed by atoms with Crippen molar-refractivity contribution in [2.45, 2.75) is 44.5 Å².